The lowest BCUT2D eigenvalue weighted by atomic mass is 9.80. The summed E-state index contributed by atoms with van der Waals surface area (Å²) in [6, 6.07) is 15.0. The summed E-state index contributed by atoms with van der Waals surface area (Å²) in [4.78, 5) is 0.266. The first-order chi connectivity index (χ1) is 12.4. The fraction of sp³-hybridized carbons (Fsp3) is 0.429. The third-order valence-electron chi connectivity index (χ3n) is 5.44. The summed E-state index contributed by atoms with van der Waals surface area (Å²) in [6.45, 7) is 2.63. The van der Waals surface area contributed by atoms with Gasteiger partial charge in [-0.25, -0.2) is 13.1 Å². The van der Waals surface area contributed by atoms with E-state index in [1.807, 2.05) is 0 Å². The molecule has 0 heterocycles. The van der Waals surface area contributed by atoms with Crippen molar-refractivity contribution in [3.63, 3.8) is 0 Å². The van der Waals surface area contributed by atoms with Gasteiger partial charge in [-0.05, 0) is 66.5 Å². The van der Waals surface area contributed by atoms with Crippen molar-refractivity contribution in [2.24, 2.45) is 5.41 Å². The topological polar surface area (TPSA) is 46.2 Å². The lowest BCUT2D eigenvalue weighted by molar-refractivity contribution is 0.295. The molecule has 0 bridgehead atoms. The van der Waals surface area contributed by atoms with E-state index in [0.717, 1.165) is 38.5 Å². The number of rotatable bonds is 7. The van der Waals surface area contributed by atoms with Crippen LogP contribution in [0.2, 0.25) is 5.02 Å². The normalized spacial score (nSPS) is 16.7. The number of nitrogens with one attached hydrogen (secondary N) is 1. The van der Waals surface area contributed by atoms with Crippen LogP contribution in [0, 0.1) is 5.41 Å². The van der Waals surface area contributed by atoms with Gasteiger partial charge >= 0.3 is 0 Å². The van der Waals surface area contributed by atoms with Crippen molar-refractivity contribution in [2.75, 3.05) is 6.54 Å². The second-order valence-corrected chi connectivity index (χ2v) is 9.54. The predicted molar refractivity (Wildman–Crippen MR) is 107 cm³/mol. The van der Waals surface area contributed by atoms with Crippen molar-refractivity contribution in [3.8, 4) is 0 Å². The quantitative estimate of drug-likeness (QED) is 0.723. The molecule has 0 aromatic heterocycles. The summed E-state index contributed by atoms with van der Waals surface area (Å²) < 4.78 is 28.1. The van der Waals surface area contributed by atoms with E-state index >= 15 is 0 Å². The molecule has 3 nitrogen and oxygen atoms in total. The molecule has 140 valence electrons. The molecule has 2 aromatic rings. The molecule has 0 aliphatic heterocycles. The SMILES string of the molecule is CCc1ccc(CC2(CNS(=O)(=O)c3ccc(Cl)cc3)CCCC2)cc1. The van der Waals surface area contributed by atoms with Crippen LogP contribution in [0.1, 0.15) is 43.7 Å². The Hall–Kier alpha value is -1.36. The van der Waals surface area contributed by atoms with Crippen LogP contribution in [0.3, 0.4) is 0 Å². The maximum atomic E-state index is 12.6. The summed E-state index contributed by atoms with van der Waals surface area (Å²) in [6.07, 6.45) is 6.40. The van der Waals surface area contributed by atoms with Gasteiger partial charge in [0.05, 0.1) is 4.90 Å². The van der Waals surface area contributed by atoms with Crippen LogP contribution in [0.25, 0.3) is 0 Å². The van der Waals surface area contributed by atoms with E-state index in [0.29, 0.717) is 11.6 Å². The van der Waals surface area contributed by atoms with E-state index in [1.54, 1.807) is 24.3 Å². The Morgan fingerprint density at radius 3 is 2.12 bits per heavy atom. The van der Waals surface area contributed by atoms with Crippen molar-refractivity contribution in [1.29, 1.82) is 0 Å². The Kier molecular flexibility index (Phi) is 6.06. The highest BCUT2D eigenvalue weighted by atomic mass is 35.5. The average molecular weight is 392 g/mol. The van der Waals surface area contributed by atoms with Crippen LogP contribution < -0.4 is 4.72 Å². The van der Waals surface area contributed by atoms with E-state index in [-0.39, 0.29) is 10.3 Å². The lowest BCUT2D eigenvalue weighted by Crippen LogP contribution is -2.37. The van der Waals surface area contributed by atoms with Crippen molar-refractivity contribution < 1.29 is 8.42 Å². The zero-order chi connectivity index (χ0) is 18.6. The van der Waals surface area contributed by atoms with E-state index in [9.17, 15) is 8.42 Å². The Morgan fingerprint density at radius 2 is 1.54 bits per heavy atom. The summed E-state index contributed by atoms with van der Waals surface area (Å²) in [5.74, 6) is 0. The van der Waals surface area contributed by atoms with Gasteiger partial charge in [-0.2, -0.15) is 0 Å². The fourth-order valence-electron chi connectivity index (χ4n) is 3.81. The first-order valence-corrected chi connectivity index (χ1v) is 11.1. The molecule has 26 heavy (non-hydrogen) atoms. The van der Waals surface area contributed by atoms with E-state index in [2.05, 4.69) is 35.9 Å². The van der Waals surface area contributed by atoms with Crippen LogP contribution in [0.4, 0.5) is 0 Å². The standard InChI is InChI=1S/C21H26ClNO2S/c1-2-17-5-7-18(8-6-17)15-21(13-3-4-14-21)16-23-26(24,25)20-11-9-19(22)10-12-20/h5-12,23H,2-4,13-16H2,1H3. The molecule has 0 amide bonds. The monoisotopic (exact) mass is 391 g/mol. The fourth-order valence-corrected chi connectivity index (χ4v) is 5.10. The molecule has 0 saturated heterocycles. The Morgan fingerprint density at radius 1 is 0.962 bits per heavy atom. The number of benzene rings is 2. The second kappa shape index (κ2) is 8.12. The van der Waals surface area contributed by atoms with Crippen molar-refractivity contribution in [2.45, 2.75) is 50.3 Å². The molecular formula is C21H26ClNO2S. The number of sulfonamides is 1. The molecule has 1 saturated carbocycles. The Balaban J connectivity index is 1.72. The van der Waals surface area contributed by atoms with Gasteiger partial charge in [0.1, 0.15) is 0 Å². The van der Waals surface area contributed by atoms with Crippen LogP contribution in [-0.4, -0.2) is 15.0 Å². The van der Waals surface area contributed by atoms with Crippen LogP contribution in [0.15, 0.2) is 53.4 Å². The summed E-state index contributed by atoms with van der Waals surface area (Å²) in [5.41, 5.74) is 2.63. The second-order valence-electron chi connectivity index (χ2n) is 7.33. The first kappa shape index (κ1) is 19.4. The number of hydrogen-bond acceptors (Lipinski definition) is 2. The van der Waals surface area contributed by atoms with Crippen LogP contribution in [0.5, 0.6) is 0 Å². The highest BCUT2D eigenvalue weighted by Gasteiger charge is 2.35. The number of halogens is 1. The third-order valence-corrected chi connectivity index (χ3v) is 7.10. The van der Waals surface area contributed by atoms with Gasteiger partial charge in [0.15, 0.2) is 0 Å². The maximum Gasteiger partial charge on any atom is 0.240 e. The molecule has 1 fully saturated rings. The van der Waals surface area contributed by atoms with Crippen molar-refractivity contribution >= 4 is 21.6 Å². The molecule has 0 atom stereocenters. The van der Waals surface area contributed by atoms with Gasteiger partial charge in [-0.1, -0.05) is 55.6 Å². The largest absolute Gasteiger partial charge is 0.240 e. The van der Waals surface area contributed by atoms with E-state index < -0.39 is 10.0 Å². The summed E-state index contributed by atoms with van der Waals surface area (Å²) in [7, 11) is -3.51. The van der Waals surface area contributed by atoms with E-state index in [1.165, 1.54) is 11.1 Å². The molecule has 1 aliphatic rings. The summed E-state index contributed by atoms with van der Waals surface area (Å²) in [5, 5.41) is 0.534. The lowest BCUT2D eigenvalue weighted by Gasteiger charge is -2.29. The molecule has 0 radical (unpaired) electrons. The van der Waals surface area contributed by atoms with Crippen molar-refractivity contribution in [1.82, 2.24) is 4.72 Å². The van der Waals surface area contributed by atoms with E-state index in [4.69, 9.17) is 11.6 Å². The molecule has 1 N–H and O–H groups in total. The number of hydrogen-bond donors (Lipinski definition) is 1. The molecule has 2 aromatic carbocycles. The smallest absolute Gasteiger partial charge is 0.211 e. The van der Waals surface area contributed by atoms with Gasteiger partial charge in [0.25, 0.3) is 0 Å². The molecule has 5 heteroatoms. The minimum absolute atomic E-state index is 0.00717. The third kappa shape index (κ3) is 4.67. The average Bonchev–Trinajstić information content (AvgIpc) is 3.10. The molecule has 1 aliphatic carbocycles. The van der Waals surface area contributed by atoms with Gasteiger partial charge < -0.3 is 0 Å². The Labute approximate surface area is 161 Å². The van der Waals surface area contributed by atoms with Gasteiger partial charge in [-0.15, -0.1) is 0 Å². The zero-order valence-electron chi connectivity index (χ0n) is 15.2. The minimum Gasteiger partial charge on any atom is -0.211 e. The Bertz CT molecular complexity index is 823. The van der Waals surface area contributed by atoms with Crippen LogP contribution >= 0.6 is 11.6 Å². The van der Waals surface area contributed by atoms with Crippen LogP contribution in [-0.2, 0) is 22.9 Å². The maximum absolute atomic E-state index is 12.6. The molecule has 3 rings (SSSR count). The molecular weight excluding hydrogens is 366 g/mol. The predicted octanol–water partition coefficient (Wildman–Crippen LogP) is 4.98. The van der Waals surface area contributed by atoms with Gasteiger partial charge in [0, 0.05) is 11.6 Å². The van der Waals surface area contributed by atoms with Gasteiger partial charge in [-0.3, -0.25) is 0 Å². The number of aryl methyl sites for hydroxylation is 1. The minimum atomic E-state index is -3.51. The highest BCUT2D eigenvalue weighted by molar-refractivity contribution is 7.89. The van der Waals surface area contributed by atoms with Crippen molar-refractivity contribution in [3.05, 3.63) is 64.7 Å². The first-order valence-electron chi connectivity index (χ1n) is 9.26. The molecule has 0 spiro atoms. The summed E-state index contributed by atoms with van der Waals surface area (Å²) >= 11 is 5.86. The zero-order valence-corrected chi connectivity index (χ0v) is 16.7. The highest BCUT2D eigenvalue weighted by Crippen LogP contribution is 2.40. The van der Waals surface area contributed by atoms with Gasteiger partial charge in [0.2, 0.25) is 10.0 Å². The molecule has 0 unspecified atom stereocenters.